The van der Waals surface area contributed by atoms with E-state index in [2.05, 4.69) is 15.6 Å². The van der Waals surface area contributed by atoms with E-state index in [-0.39, 0.29) is 5.91 Å². The number of pyridine rings is 1. The van der Waals surface area contributed by atoms with Gasteiger partial charge in [-0.2, -0.15) is 0 Å². The van der Waals surface area contributed by atoms with Crippen molar-refractivity contribution in [2.24, 2.45) is 0 Å². The highest BCUT2D eigenvalue weighted by Gasteiger charge is 2.14. The number of nitrogens with two attached hydrogens (primary N) is 1. The van der Waals surface area contributed by atoms with Gasteiger partial charge in [0.2, 0.25) is 5.91 Å². The molecule has 1 rings (SSSR count). The fraction of sp³-hybridized carbons (Fsp3) is 0.455. The maximum Gasteiger partial charge on any atom is 0.242 e. The third kappa shape index (κ3) is 4.38. The van der Waals surface area contributed by atoms with Crippen LogP contribution < -0.4 is 16.4 Å². The number of rotatable bonds is 6. The number of nitrogen functional groups attached to an aromatic ring is 1. The molecule has 0 fully saturated rings. The fourth-order valence-corrected chi connectivity index (χ4v) is 1.49. The Balaban J connectivity index is 2.53. The molecule has 0 saturated carbocycles. The van der Waals surface area contributed by atoms with Gasteiger partial charge in [-0.15, -0.1) is 0 Å². The van der Waals surface area contributed by atoms with Crippen molar-refractivity contribution in [3.63, 3.8) is 0 Å². The van der Waals surface area contributed by atoms with Crippen LogP contribution in [-0.2, 0) is 9.53 Å². The van der Waals surface area contributed by atoms with Crippen molar-refractivity contribution in [3.8, 4) is 0 Å². The summed E-state index contributed by atoms with van der Waals surface area (Å²) in [6, 6.07) is 1.13. The van der Waals surface area contributed by atoms with Crippen LogP contribution >= 0.6 is 11.6 Å². The quantitative estimate of drug-likeness (QED) is 0.669. The van der Waals surface area contributed by atoms with E-state index in [0.29, 0.717) is 29.7 Å². The number of halogens is 1. The zero-order valence-electron chi connectivity index (χ0n) is 10.4. The Labute approximate surface area is 111 Å². The third-order valence-electron chi connectivity index (χ3n) is 2.21. The second-order valence-corrected chi connectivity index (χ2v) is 4.16. The number of aromatic nitrogens is 1. The Morgan fingerprint density at radius 1 is 1.67 bits per heavy atom. The molecule has 1 amide bonds. The number of amides is 1. The maximum absolute atomic E-state index is 11.7. The molecule has 0 aliphatic heterocycles. The average molecular weight is 273 g/mol. The molecule has 1 aromatic heterocycles. The molecule has 0 aliphatic carbocycles. The number of hydrogen-bond acceptors (Lipinski definition) is 5. The van der Waals surface area contributed by atoms with Crippen molar-refractivity contribution in [2.45, 2.75) is 13.0 Å². The van der Waals surface area contributed by atoms with Gasteiger partial charge in [0.25, 0.3) is 0 Å². The molecular formula is C11H17ClN4O2. The van der Waals surface area contributed by atoms with Crippen LogP contribution in [0.4, 0.5) is 11.5 Å². The Morgan fingerprint density at radius 3 is 3.00 bits per heavy atom. The molecule has 0 radical (unpaired) electrons. The highest BCUT2D eigenvalue weighted by molar-refractivity contribution is 6.33. The lowest BCUT2D eigenvalue weighted by atomic mass is 10.3. The molecule has 0 bridgehead atoms. The molecule has 0 aliphatic rings. The van der Waals surface area contributed by atoms with Gasteiger partial charge in [0, 0.05) is 13.7 Å². The average Bonchev–Trinajstić information content (AvgIpc) is 2.32. The number of carbonyl (C=O) groups is 1. The molecular weight excluding hydrogens is 256 g/mol. The Kier molecular flexibility index (Phi) is 5.67. The van der Waals surface area contributed by atoms with Gasteiger partial charge in [-0.3, -0.25) is 4.79 Å². The summed E-state index contributed by atoms with van der Waals surface area (Å²) in [5.74, 6) is 0.280. The van der Waals surface area contributed by atoms with Gasteiger partial charge >= 0.3 is 0 Å². The summed E-state index contributed by atoms with van der Waals surface area (Å²) in [4.78, 5) is 15.7. The minimum absolute atomic E-state index is 0.151. The van der Waals surface area contributed by atoms with E-state index in [1.165, 1.54) is 6.20 Å². The second kappa shape index (κ2) is 7.03. The summed E-state index contributed by atoms with van der Waals surface area (Å²) in [5.41, 5.74) is 6.01. The SMILES string of the molecule is COCCNC(=O)C(C)Nc1ncc(N)cc1Cl. The van der Waals surface area contributed by atoms with Gasteiger partial charge in [0.05, 0.1) is 23.5 Å². The molecule has 0 aromatic carbocycles. The number of carbonyl (C=O) groups excluding carboxylic acids is 1. The summed E-state index contributed by atoms with van der Waals surface area (Å²) >= 11 is 5.95. The van der Waals surface area contributed by atoms with Crippen LogP contribution in [-0.4, -0.2) is 37.2 Å². The van der Waals surface area contributed by atoms with E-state index in [0.717, 1.165) is 0 Å². The first-order valence-electron chi connectivity index (χ1n) is 5.48. The lowest BCUT2D eigenvalue weighted by Crippen LogP contribution is -2.39. The van der Waals surface area contributed by atoms with E-state index in [1.54, 1.807) is 20.1 Å². The molecule has 1 heterocycles. The predicted octanol–water partition coefficient (Wildman–Crippen LogP) is 0.880. The van der Waals surface area contributed by atoms with Crippen LogP contribution in [0.1, 0.15) is 6.92 Å². The summed E-state index contributed by atoms with van der Waals surface area (Å²) in [7, 11) is 1.58. The maximum atomic E-state index is 11.7. The van der Waals surface area contributed by atoms with Gasteiger partial charge < -0.3 is 21.1 Å². The largest absolute Gasteiger partial charge is 0.397 e. The van der Waals surface area contributed by atoms with Crippen LogP contribution in [0.15, 0.2) is 12.3 Å². The van der Waals surface area contributed by atoms with Crippen LogP contribution in [0.2, 0.25) is 5.02 Å². The van der Waals surface area contributed by atoms with Gasteiger partial charge in [-0.25, -0.2) is 4.98 Å². The molecule has 1 aromatic rings. The molecule has 100 valence electrons. The second-order valence-electron chi connectivity index (χ2n) is 3.75. The minimum Gasteiger partial charge on any atom is -0.397 e. The lowest BCUT2D eigenvalue weighted by molar-refractivity contribution is -0.121. The number of anilines is 2. The number of hydrogen-bond donors (Lipinski definition) is 3. The van der Waals surface area contributed by atoms with E-state index in [4.69, 9.17) is 22.1 Å². The van der Waals surface area contributed by atoms with Crippen molar-refractivity contribution in [1.29, 1.82) is 0 Å². The van der Waals surface area contributed by atoms with E-state index >= 15 is 0 Å². The van der Waals surface area contributed by atoms with Gasteiger partial charge in [0.1, 0.15) is 11.9 Å². The normalized spacial score (nSPS) is 11.9. The standard InChI is InChI=1S/C11H17ClN4O2/c1-7(11(17)14-3-4-18-2)16-10-9(12)5-8(13)6-15-10/h5-7H,3-4,13H2,1-2H3,(H,14,17)(H,15,16). The first kappa shape index (κ1) is 14.5. The summed E-state index contributed by atoms with van der Waals surface area (Å²) in [6.45, 7) is 2.65. The topological polar surface area (TPSA) is 89.3 Å². The van der Waals surface area contributed by atoms with Crippen molar-refractivity contribution < 1.29 is 9.53 Å². The molecule has 7 heteroatoms. The number of nitrogens with zero attached hydrogens (tertiary/aromatic N) is 1. The third-order valence-corrected chi connectivity index (χ3v) is 2.50. The molecule has 0 spiro atoms. The van der Waals surface area contributed by atoms with E-state index < -0.39 is 6.04 Å². The van der Waals surface area contributed by atoms with Crippen molar-refractivity contribution in [3.05, 3.63) is 17.3 Å². The first-order chi connectivity index (χ1) is 8.54. The van der Waals surface area contributed by atoms with E-state index in [9.17, 15) is 4.79 Å². The van der Waals surface area contributed by atoms with Crippen LogP contribution in [0.5, 0.6) is 0 Å². The summed E-state index contributed by atoms with van der Waals surface area (Å²) < 4.78 is 4.84. The fourth-order valence-electron chi connectivity index (χ4n) is 1.26. The molecule has 6 nitrogen and oxygen atoms in total. The molecule has 1 unspecified atom stereocenters. The number of ether oxygens (including phenoxy) is 1. The van der Waals surface area contributed by atoms with Crippen molar-refractivity contribution in [1.82, 2.24) is 10.3 Å². The highest BCUT2D eigenvalue weighted by Crippen LogP contribution is 2.21. The lowest BCUT2D eigenvalue weighted by Gasteiger charge is -2.15. The number of nitrogens with one attached hydrogen (secondary N) is 2. The van der Waals surface area contributed by atoms with Crippen LogP contribution in [0.25, 0.3) is 0 Å². The van der Waals surface area contributed by atoms with Gasteiger partial charge in [-0.1, -0.05) is 11.6 Å². The van der Waals surface area contributed by atoms with Gasteiger partial charge in [-0.05, 0) is 13.0 Å². The summed E-state index contributed by atoms with van der Waals surface area (Å²) in [5, 5.41) is 6.01. The monoisotopic (exact) mass is 272 g/mol. The molecule has 4 N–H and O–H groups in total. The first-order valence-corrected chi connectivity index (χ1v) is 5.86. The smallest absolute Gasteiger partial charge is 0.242 e. The van der Waals surface area contributed by atoms with Crippen LogP contribution in [0.3, 0.4) is 0 Å². The van der Waals surface area contributed by atoms with Crippen molar-refractivity contribution in [2.75, 3.05) is 31.3 Å². The zero-order chi connectivity index (χ0) is 13.5. The van der Waals surface area contributed by atoms with Crippen LogP contribution in [0, 0.1) is 0 Å². The molecule has 1 atom stereocenters. The summed E-state index contributed by atoms with van der Waals surface area (Å²) in [6.07, 6.45) is 1.48. The van der Waals surface area contributed by atoms with E-state index in [1.807, 2.05) is 0 Å². The minimum atomic E-state index is -0.449. The molecule has 0 saturated heterocycles. The Hall–Kier alpha value is -1.53. The predicted molar refractivity (Wildman–Crippen MR) is 71.6 cm³/mol. The highest BCUT2D eigenvalue weighted by atomic mass is 35.5. The number of methoxy groups -OCH3 is 1. The van der Waals surface area contributed by atoms with Gasteiger partial charge in [0.15, 0.2) is 0 Å². The zero-order valence-corrected chi connectivity index (χ0v) is 11.1. The van der Waals surface area contributed by atoms with Crippen molar-refractivity contribution >= 4 is 29.0 Å². The molecule has 18 heavy (non-hydrogen) atoms. The Morgan fingerprint density at radius 2 is 2.39 bits per heavy atom. The Bertz CT molecular complexity index is 414.